The molecule has 0 fully saturated rings. The van der Waals surface area contributed by atoms with E-state index < -0.39 is 12.6 Å². The number of benzene rings is 1. The highest BCUT2D eigenvalue weighted by atomic mass is 19.4. The van der Waals surface area contributed by atoms with Gasteiger partial charge in [0.15, 0.2) is 5.96 Å². The summed E-state index contributed by atoms with van der Waals surface area (Å²) in [7, 11) is 0. The lowest BCUT2D eigenvalue weighted by atomic mass is 10.1. The zero-order valence-corrected chi connectivity index (χ0v) is 12.0. The molecule has 0 aliphatic rings. The molecule has 0 saturated heterocycles. The first-order valence-electron chi connectivity index (χ1n) is 6.66. The summed E-state index contributed by atoms with van der Waals surface area (Å²) in [5, 5.41) is 5.48. The molecule has 21 heavy (non-hydrogen) atoms. The maximum Gasteiger partial charge on any atom is 0.390 e. The van der Waals surface area contributed by atoms with E-state index in [4.69, 9.17) is 0 Å². The molecular formula is C14H19F4N3. The fourth-order valence-corrected chi connectivity index (χ4v) is 1.64. The number of aliphatic imine (C=N–C) groups is 1. The Bertz CT molecular complexity index is 484. The van der Waals surface area contributed by atoms with Crippen molar-refractivity contribution in [3.8, 4) is 0 Å². The topological polar surface area (TPSA) is 36.4 Å². The van der Waals surface area contributed by atoms with E-state index in [0.29, 0.717) is 18.1 Å². The maximum absolute atomic E-state index is 13.1. The number of hydrogen-bond donors (Lipinski definition) is 2. The SMILES string of the molecule is CCNC(=NCc1ccc(F)c(C)c1)NCCC(F)(F)F. The quantitative estimate of drug-likeness (QED) is 0.498. The number of hydrogen-bond acceptors (Lipinski definition) is 1. The molecule has 0 amide bonds. The van der Waals surface area contributed by atoms with E-state index >= 15 is 0 Å². The van der Waals surface area contributed by atoms with E-state index in [1.54, 1.807) is 19.1 Å². The van der Waals surface area contributed by atoms with Crippen molar-refractivity contribution in [3.63, 3.8) is 0 Å². The first kappa shape index (κ1) is 17.3. The largest absolute Gasteiger partial charge is 0.390 e. The second-order valence-corrected chi connectivity index (χ2v) is 4.57. The molecule has 7 heteroatoms. The van der Waals surface area contributed by atoms with Crippen LogP contribution in [0.25, 0.3) is 0 Å². The number of guanidine groups is 1. The summed E-state index contributed by atoms with van der Waals surface area (Å²) >= 11 is 0. The van der Waals surface area contributed by atoms with Crippen LogP contribution in [0, 0.1) is 12.7 Å². The number of halogens is 4. The lowest BCUT2D eigenvalue weighted by Gasteiger charge is -2.12. The Kier molecular flexibility index (Phi) is 6.45. The maximum atomic E-state index is 13.1. The van der Waals surface area contributed by atoms with Crippen molar-refractivity contribution < 1.29 is 17.6 Å². The van der Waals surface area contributed by atoms with E-state index in [2.05, 4.69) is 15.6 Å². The molecule has 0 heterocycles. The number of alkyl halides is 3. The third kappa shape index (κ3) is 6.97. The predicted octanol–water partition coefficient (Wildman–Crippen LogP) is 3.14. The molecule has 1 aromatic rings. The summed E-state index contributed by atoms with van der Waals surface area (Å²) < 4.78 is 49.4. The Morgan fingerprint density at radius 2 is 1.95 bits per heavy atom. The molecule has 0 unspecified atom stereocenters. The lowest BCUT2D eigenvalue weighted by molar-refractivity contribution is -0.132. The molecule has 0 aliphatic heterocycles. The normalized spacial score (nSPS) is 12.4. The zero-order chi connectivity index (χ0) is 15.9. The molecule has 0 aromatic heterocycles. The summed E-state index contributed by atoms with van der Waals surface area (Å²) in [6.45, 7) is 4.04. The number of nitrogens with zero attached hydrogens (tertiary/aromatic N) is 1. The first-order chi connectivity index (χ1) is 9.81. The number of rotatable bonds is 5. The van der Waals surface area contributed by atoms with Gasteiger partial charge in [-0.15, -0.1) is 0 Å². The molecule has 3 nitrogen and oxygen atoms in total. The predicted molar refractivity (Wildman–Crippen MR) is 74.6 cm³/mol. The molecule has 0 spiro atoms. The van der Waals surface area contributed by atoms with Gasteiger partial charge in [-0.1, -0.05) is 12.1 Å². The Hall–Kier alpha value is -1.79. The van der Waals surface area contributed by atoms with Crippen molar-refractivity contribution in [2.75, 3.05) is 13.1 Å². The van der Waals surface area contributed by atoms with Crippen LogP contribution < -0.4 is 10.6 Å². The van der Waals surface area contributed by atoms with Gasteiger partial charge in [0.1, 0.15) is 5.82 Å². The monoisotopic (exact) mass is 305 g/mol. The first-order valence-corrected chi connectivity index (χ1v) is 6.66. The van der Waals surface area contributed by atoms with Crippen LogP contribution in [0.2, 0.25) is 0 Å². The van der Waals surface area contributed by atoms with Crippen molar-refractivity contribution in [3.05, 3.63) is 35.1 Å². The van der Waals surface area contributed by atoms with Crippen LogP contribution in [0.15, 0.2) is 23.2 Å². The minimum atomic E-state index is -4.20. The van der Waals surface area contributed by atoms with Gasteiger partial charge in [-0.05, 0) is 31.0 Å². The van der Waals surface area contributed by atoms with Gasteiger partial charge in [0.05, 0.1) is 13.0 Å². The van der Waals surface area contributed by atoms with Crippen LogP contribution in [0.5, 0.6) is 0 Å². The minimum absolute atomic E-state index is 0.238. The van der Waals surface area contributed by atoms with Gasteiger partial charge in [0.25, 0.3) is 0 Å². The van der Waals surface area contributed by atoms with Gasteiger partial charge in [-0.25, -0.2) is 9.38 Å². The molecular weight excluding hydrogens is 286 g/mol. The molecule has 1 aromatic carbocycles. The van der Waals surface area contributed by atoms with Gasteiger partial charge in [-0.3, -0.25) is 0 Å². The highest BCUT2D eigenvalue weighted by molar-refractivity contribution is 5.79. The summed E-state index contributed by atoms with van der Waals surface area (Å²) in [6.07, 6.45) is -5.12. The molecule has 0 atom stereocenters. The van der Waals surface area contributed by atoms with Crippen molar-refractivity contribution in [2.24, 2.45) is 4.99 Å². The van der Waals surface area contributed by atoms with Gasteiger partial charge >= 0.3 is 6.18 Å². The highest BCUT2D eigenvalue weighted by Crippen LogP contribution is 2.18. The lowest BCUT2D eigenvalue weighted by Crippen LogP contribution is -2.38. The van der Waals surface area contributed by atoms with Crippen molar-refractivity contribution in [2.45, 2.75) is 33.0 Å². The average Bonchev–Trinajstić information content (AvgIpc) is 2.38. The molecule has 0 saturated carbocycles. The van der Waals surface area contributed by atoms with Crippen LogP contribution >= 0.6 is 0 Å². The van der Waals surface area contributed by atoms with Crippen LogP contribution in [0.3, 0.4) is 0 Å². The van der Waals surface area contributed by atoms with E-state index in [1.807, 2.05) is 6.92 Å². The molecule has 0 aliphatic carbocycles. The Morgan fingerprint density at radius 3 is 2.52 bits per heavy atom. The summed E-state index contributed by atoms with van der Waals surface area (Å²) in [5.41, 5.74) is 1.31. The van der Waals surface area contributed by atoms with Crippen LogP contribution in [0.4, 0.5) is 17.6 Å². The summed E-state index contributed by atoms with van der Waals surface area (Å²) in [6, 6.07) is 4.62. The van der Waals surface area contributed by atoms with Gasteiger partial charge < -0.3 is 10.6 Å². The Labute approximate surface area is 121 Å². The smallest absolute Gasteiger partial charge is 0.357 e. The second-order valence-electron chi connectivity index (χ2n) is 4.57. The Morgan fingerprint density at radius 1 is 1.24 bits per heavy atom. The average molecular weight is 305 g/mol. The van der Waals surface area contributed by atoms with E-state index in [-0.39, 0.29) is 18.9 Å². The standard InChI is InChI=1S/C14H19F4N3/c1-3-19-13(20-7-6-14(16,17)18)21-9-11-4-5-12(15)10(2)8-11/h4-5,8H,3,6-7,9H2,1-2H3,(H2,19,20,21). The van der Waals surface area contributed by atoms with Gasteiger partial charge in [0.2, 0.25) is 0 Å². The fraction of sp³-hybridized carbons (Fsp3) is 0.500. The summed E-state index contributed by atoms with van der Waals surface area (Å²) in [5.74, 6) is 0.0154. The fourth-order valence-electron chi connectivity index (χ4n) is 1.64. The van der Waals surface area contributed by atoms with Gasteiger partial charge in [-0.2, -0.15) is 13.2 Å². The summed E-state index contributed by atoms with van der Waals surface area (Å²) in [4.78, 5) is 4.18. The van der Waals surface area contributed by atoms with E-state index in [1.165, 1.54) is 6.07 Å². The van der Waals surface area contributed by atoms with Crippen molar-refractivity contribution >= 4 is 5.96 Å². The van der Waals surface area contributed by atoms with E-state index in [0.717, 1.165) is 5.56 Å². The van der Waals surface area contributed by atoms with Crippen molar-refractivity contribution in [1.29, 1.82) is 0 Å². The molecule has 118 valence electrons. The molecule has 0 bridgehead atoms. The van der Waals surface area contributed by atoms with Crippen LogP contribution in [0.1, 0.15) is 24.5 Å². The second kappa shape index (κ2) is 7.85. The third-order valence-electron chi connectivity index (χ3n) is 2.69. The van der Waals surface area contributed by atoms with E-state index in [9.17, 15) is 17.6 Å². The highest BCUT2D eigenvalue weighted by Gasteiger charge is 2.26. The van der Waals surface area contributed by atoms with Gasteiger partial charge in [0, 0.05) is 13.1 Å². The minimum Gasteiger partial charge on any atom is -0.357 e. The molecule has 2 N–H and O–H groups in total. The third-order valence-corrected chi connectivity index (χ3v) is 2.69. The molecule has 0 radical (unpaired) electrons. The molecule has 1 rings (SSSR count). The zero-order valence-electron chi connectivity index (χ0n) is 12.0. The van der Waals surface area contributed by atoms with Crippen LogP contribution in [-0.4, -0.2) is 25.2 Å². The van der Waals surface area contributed by atoms with Crippen LogP contribution in [-0.2, 0) is 6.54 Å². The number of nitrogens with one attached hydrogen (secondary N) is 2. The Balaban J connectivity index is 2.60. The van der Waals surface area contributed by atoms with Crippen molar-refractivity contribution in [1.82, 2.24) is 10.6 Å². The number of aryl methyl sites for hydroxylation is 1.